The molecule has 0 saturated heterocycles. The summed E-state index contributed by atoms with van der Waals surface area (Å²) in [6, 6.07) is 0.914. The van der Waals surface area contributed by atoms with Crippen LogP contribution in [0.4, 0.5) is 13.2 Å². The number of hydrogen-bond donors (Lipinski definition) is 1. The van der Waals surface area contributed by atoms with Crippen molar-refractivity contribution in [2.45, 2.75) is 32.0 Å². The molecule has 0 aromatic carbocycles. The topological polar surface area (TPSA) is 56.2 Å². The lowest BCUT2D eigenvalue weighted by molar-refractivity contribution is -0.141. The van der Waals surface area contributed by atoms with Crippen molar-refractivity contribution in [3.63, 3.8) is 0 Å². The maximum Gasteiger partial charge on any atom is 0.435 e. The SMILES string of the molecule is CC(C)(N)Cc1cnc2cc(C(F)(F)F)nn2c1. The number of nitrogens with two attached hydrogens (primary N) is 1. The fourth-order valence-electron chi connectivity index (χ4n) is 1.67. The van der Waals surface area contributed by atoms with Gasteiger partial charge in [0.05, 0.1) is 0 Å². The Morgan fingerprint density at radius 3 is 2.56 bits per heavy atom. The van der Waals surface area contributed by atoms with Crippen LogP contribution in [0.2, 0.25) is 0 Å². The predicted octanol–water partition coefficient (Wildman–Crippen LogP) is 2.03. The highest BCUT2D eigenvalue weighted by atomic mass is 19.4. The molecule has 0 amide bonds. The lowest BCUT2D eigenvalue weighted by atomic mass is 9.98. The smallest absolute Gasteiger partial charge is 0.325 e. The van der Waals surface area contributed by atoms with Gasteiger partial charge in [0.15, 0.2) is 11.3 Å². The van der Waals surface area contributed by atoms with Gasteiger partial charge in [-0.2, -0.15) is 18.3 Å². The fraction of sp³-hybridized carbons (Fsp3) is 0.455. The molecule has 0 spiro atoms. The number of nitrogens with zero attached hydrogens (tertiary/aromatic N) is 3. The molecule has 0 aliphatic carbocycles. The summed E-state index contributed by atoms with van der Waals surface area (Å²) in [5.41, 5.74) is 5.36. The number of alkyl halides is 3. The zero-order valence-electron chi connectivity index (χ0n) is 9.99. The second kappa shape index (κ2) is 3.94. The molecule has 0 aliphatic heterocycles. The van der Waals surface area contributed by atoms with Crippen molar-refractivity contribution in [1.82, 2.24) is 14.6 Å². The Bertz CT molecular complexity index is 566. The third kappa shape index (κ3) is 2.79. The van der Waals surface area contributed by atoms with Crippen molar-refractivity contribution in [1.29, 1.82) is 0 Å². The van der Waals surface area contributed by atoms with Gasteiger partial charge >= 0.3 is 6.18 Å². The first-order valence-corrected chi connectivity index (χ1v) is 5.35. The molecule has 0 aliphatic rings. The molecule has 0 saturated carbocycles. The Labute approximate surface area is 102 Å². The molecule has 0 bridgehead atoms. The lowest BCUT2D eigenvalue weighted by Gasteiger charge is -2.17. The molecule has 0 fully saturated rings. The molecule has 0 atom stereocenters. The van der Waals surface area contributed by atoms with Crippen LogP contribution in [-0.4, -0.2) is 20.1 Å². The maximum atomic E-state index is 12.5. The summed E-state index contributed by atoms with van der Waals surface area (Å²) in [7, 11) is 0. The number of rotatable bonds is 2. The van der Waals surface area contributed by atoms with Gasteiger partial charge in [0.2, 0.25) is 0 Å². The largest absolute Gasteiger partial charge is 0.435 e. The first kappa shape index (κ1) is 12.8. The standard InChI is InChI=1S/C11H13F3N4/c1-10(2,15)4-7-5-16-9-3-8(11(12,13)14)17-18(9)6-7/h3,5-6H,4,15H2,1-2H3. The van der Waals surface area contributed by atoms with Crippen LogP contribution in [0.25, 0.3) is 5.65 Å². The minimum absolute atomic E-state index is 0.168. The summed E-state index contributed by atoms with van der Waals surface area (Å²) in [5, 5.41) is 3.46. The Morgan fingerprint density at radius 2 is 2.00 bits per heavy atom. The molecule has 2 heterocycles. The lowest BCUT2D eigenvalue weighted by Crippen LogP contribution is -2.34. The number of hydrogen-bond acceptors (Lipinski definition) is 3. The second-order valence-electron chi connectivity index (χ2n) is 4.96. The van der Waals surface area contributed by atoms with E-state index in [4.69, 9.17) is 5.73 Å². The molecule has 2 aromatic heterocycles. The average molecular weight is 258 g/mol. The monoisotopic (exact) mass is 258 g/mol. The number of halogens is 3. The Morgan fingerprint density at radius 1 is 1.33 bits per heavy atom. The first-order valence-electron chi connectivity index (χ1n) is 5.35. The van der Waals surface area contributed by atoms with E-state index < -0.39 is 17.4 Å². The van der Waals surface area contributed by atoms with Crippen LogP contribution in [0.15, 0.2) is 18.5 Å². The second-order valence-corrected chi connectivity index (χ2v) is 4.96. The molecular formula is C11H13F3N4. The third-order valence-corrected chi connectivity index (χ3v) is 2.32. The van der Waals surface area contributed by atoms with E-state index in [0.717, 1.165) is 16.1 Å². The normalized spacial score (nSPS) is 13.2. The Hall–Kier alpha value is -1.63. The zero-order chi connectivity index (χ0) is 13.6. The van der Waals surface area contributed by atoms with Crippen LogP contribution in [0.3, 0.4) is 0 Å². The van der Waals surface area contributed by atoms with E-state index in [1.54, 1.807) is 0 Å². The Kier molecular flexibility index (Phi) is 2.81. The predicted molar refractivity (Wildman–Crippen MR) is 60.0 cm³/mol. The molecule has 98 valence electrons. The molecule has 0 unspecified atom stereocenters. The van der Waals surface area contributed by atoms with Gasteiger partial charge in [0.1, 0.15) is 0 Å². The minimum Gasteiger partial charge on any atom is -0.325 e. The summed E-state index contributed by atoms with van der Waals surface area (Å²) in [6.45, 7) is 3.67. The van der Waals surface area contributed by atoms with Crippen LogP contribution in [0, 0.1) is 0 Å². The third-order valence-electron chi connectivity index (χ3n) is 2.32. The van der Waals surface area contributed by atoms with Crippen molar-refractivity contribution in [3.05, 3.63) is 29.7 Å². The van der Waals surface area contributed by atoms with Crippen LogP contribution >= 0.6 is 0 Å². The fourth-order valence-corrected chi connectivity index (χ4v) is 1.67. The van der Waals surface area contributed by atoms with E-state index in [0.29, 0.717) is 6.42 Å². The molecule has 7 heteroatoms. The highest BCUT2D eigenvalue weighted by Crippen LogP contribution is 2.28. The summed E-state index contributed by atoms with van der Waals surface area (Å²) in [5.74, 6) is 0. The van der Waals surface area contributed by atoms with E-state index in [1.807, 2.05) is 13.8 Å². The maximum absolute atomic E-state index is 12.5. The molecule has 2 N–H and O–H groups in total. The van der Waals surface area contributed by atoms with Crippen molar-refractivity contribution in [3.8, 4) is 0 Å². The van der Waals surface area contributed by atoms with Crippen LogP contribution in [0.1, 0.15) is 25.1 Å². The van der Waals surface area contributed by atoms with Gasteiger partial charge in [0, 0.05) is 24.0 Å². The molecule has 2 rings (SSSR count). The van der Waals surface area contributed by atoms with Gasteiger partial charge in [-0.05, 0) is 25.8 Å². The van der Waals surface area contributed by atoms with E-state index in [2.05, 4.69) is 10.1 Å². The number of aromatic nitrogens is 3. The summed E-state index contributed by atoms with van der Waals surface area (Å²) in [6.07, 6.45) is -0.907. The minimum atomic E-state index is -4.46. The van der Waals surface area contributed by atoms with Crippen molar-refractivity contribution < 1.29 is 13.2 Å². The molecule has 18 heavy (non-hydrogen) atoms. The van der Waals surface area contributed by atoms with Gasteiger partial charge in [0.25, 0.3) is 0 Å². The van der Waals surface area contributed by atoms with E-state index in [1.165, 1.54) is 12.4 Å². The quantitative estimate of drug-likeness (QED) is 0.896. The highest BCUT2D eigenvalue weighted by molar-refractivity contribution is 5.40. The van der Waals surface area contributed by atoms with Gasteiger partial charge in [-0.15, -0.1) is 0 Å². The molecular weight excluding hydrogens is 245 g/mol. The highest BCUT2D eigenvalue weighted by Gasteiger charge is 2.34. The Balaban J connectivity index is 2.40. The van der Waals surface area contributed by atoms with Gasteiger partial charge < -0.3 is 5.73 Å². The van der Waals surface area contributed by atoms with Crippen molar-refractivity contribution in [2.75, 3.05) is 0 Å². The van der Waals surface area contributed by atoms with E-state index in [9.17, 15) is 13.2 Å². The zero-order valence-corrected chi connectivity index (χ0v) is 9.99. The van der Waals surface area contributed by atoms with E-state index in [-0.39, 0.29) is 5.65 Å². The van der Waals surface area contributed by atoms with Crippen molar-refractivity contribution in [2.24, 2.45) is 5.73 Å². The van der Waals surface area contributed by atoms with E-state index >= 15 is 0 Å². The van der Waals surface area contributed by atoms with Crippen LogP contribution in [-0.2, 0) is 12.6 Å². The van der Waals surface area contributed by atoms with Crippen molar-refractivity contribution >= 4 is 5.65 Å². The summed E-state index contributed by atoms with van der Waals surface area (Å²) >= 11 is 0. The first-order chi connectivity index (χ1) is 8.15. The molecule has 0 radical (unpaired) electrons. The van der Waals surface area contributed by atoms with Gasteiger partial charge in [-0.1, -0.05) is 0 Å². The molecule has 2 aromatic rings. The van der Waals surface area contributed by atoms with Gasteiger partial charge in [-0.3, -0.25) is 0 Å². The summed E-state index contributed by atoms with van der Waals surface area (Å²) < 4.78 is 38.6. The van der Waals surface area contributed by atoms with Gasteiger partial charge in [-0.25, -0.2) is 9.50 Å². The van der Waals surface area contributed by atoms with Crippen LogP contribution in [0.5, 0.6) is 0 Å². The molecule has 4 nitrogen and oxygen atoms in total. The summed E-state index contributed by atoms with van der Waals surface area (Å²) in [4.78, 5) is 3.94. The number of fused-ring (bicyclic) bond motifs is 1. The van der Waals surface area contributed by atoms with Crippen LogP contribution < -0.4 is 5.73 Å². The average Bonchev–Trinajstić information content (AvgIpc) is 2.57.